The van der Waals surface area contributed by atoms with Crippen molar-refractivity contribution in [1.29, 1.82) is 0 Å². The molecule has 3 rings (SSSR count). The van der Waals surface area contributed by atoms with Crippen LogP contribution < -0.4 is 15.4 Å². The number of rotatable bonds is 7. The maximum atomic E-state index is 5.67. The van der Waals surface area contributed by atoms with Crippen LogP contribution in [0.2, 0.25) is 0 Å². The lowest BCUT2D eigenvalue weighted by Gasteiger charge is -2.13. The number of para-hydroxylation sites is 1. The number of nitrogens with zero attached hydrogens (tertiary/aromatic N) is 2. The van der Waals surface area contributed by atoms with Gasteiger partial charge in [0, 0.05) is 30.1 Å². The van der Waals surface area contributed by atoms with Crippen molar-refractivity contribution in [2.45, 2.75) is 20.0 Å². The number of benzene rings is 2. The lowest BCUT2D eigenvalue weighted by Crippen LogP contribution is -2.36. The molecule has 0 saturated carbocycles. The summed E-state index contributed by atoms with van der Waals surface area (Å²) in [7, 11) is 1.76. The van der Waals surface area contributed by atoms with Crippen LogP contribution in [0.25, 0.3) is 11.3 Å². The second-order valence-electron chi connectivity index (χ2n) is 5.81. The first-order chi connectivity index (χ1) is 13.3. The molecule has 1 aromatic heterocycles. The SMILES string of the molecule is CCOc1ccccc1CNC(=NC)NCc1nc(-c2ccccc2)cs1. The molecule has 0 bridgehead atoms. The van der Waals surface area contributed by atoms with Gasteiger partial charge in [0.05, 0.1) is 18.8 Å². The smallest absolute Gasteiger partial charge is 0.191 e. The summed E-state index contributed by atoms with van der Waals surface area (Å²) in [4.78, 5) is 8.99. The molecule has 0 aliphatic rings. The van der Waals surface area contributed by atoms with Crippen molar-refractivity contribution in [1.82, 2.24) is 15.6 Å². The van der Waals surface area contributed by atoms with Gasteiger partial charge >= 0.3 is 0 Å². The summed E-state index contributed by atoms with van der Waals surface area (Å²) < 4.78 is 5.67. The lowest BCUT2D eigenvalue weighted by atomic mass is 10.2. The quantitative estimate of drug-likeness (QED) is 0.479. The van der Waals surface area contributed by atoms with E-state index >= 15 is 0 Å². The molecule has 2 N–H and O–H groups in total. The van der Waals surface area contributed by atoms with Crippen LogP contribution in [0.1, 0.15) is 17.5 Å². The van der Waals surface area contributed by atoms with Gasteiger partial charge in [0.1, 0.15) is 10.8 Å². The average molecular weight is 381 g/mol. The van der Waals surface area contributed by atoms with E-state index in [0.29, 0.717) is 19.7 Å². The molecule has 1 heterocycles. The summed E-state index contributed by atoms with van der Waals surface area (Å²) in [5, 5.41) is 9.75. The number of guanidine groups is 1. The molecule has 0 saturated heterocycles. The second kappa shape index (κ2) is 9.73. The zero-order valence-electron chi connectivity index (χ0n) is 15.6. The molecule has 140 valence electrons. The van der Waals surface area contributed by atoms with Crippen molar-refractivity contribution in [3.8, 4) is 17.0 Å². The Kier molecular flexibility index (Phi) is 6.82. The third-order valence-electron chi connectivity index (χ3n) is 3.97. The van der Waals surface area contributed by atoms with Crippen molar-refractivity contribution in [3.05, 3.63) is 70.5 Å². The Morgan fingerprint density at radius 2 is 1.78 bits per heavy atom. The number of ether oxygens (including phenoxy) is 1. The van der Waals surface area contributed by atoms with Crippen molar-refractivity contribution >= 4 is 17.3 Å². The monoisotopic (exact) mass is 380 g/mol. The topological polar surface area (TPSA) is 58.5 Å². The van der Waals surface area contributed by atoms with E-state index in [0.717, 1.165) is 33.5 Å². The van der Waals surface area contributed by atoms with Gasteiger partial charge in [-0.15, -0.1) is 11.3 Å². The van der Waals surface area contributed by atoms with Gasteiger partial charge in [0.2, 0.25) is 0 Å². The number of hydrogen-bond acceptors (Lipinski definition) is 4. The largest absolute Gasteiger partial charge is 0.494 e. The van der Waals surface area contributed by atoms with Gasteiger partial charge in [0.15, 0.2) is 5.96 Å². The predicted molar refractivity (Wildman–Crippen MR) is 112 cm³/mol. The van der Waals surface area contributed by atoms with E-state index in [4.69, 9.17) is 9.72 Å². The molecule has 27 heavy (non-hydrogen) atoms. The van der Waals surface area contributed by atoms with Gasteiger partial charge in [-0.05, 0) is 13.0 Å². The average Bonchev–Trinajstić information content (AvgIpc) is 3.19. The molecule has 0 unspecified atom stereocenters. The molecule has 0 amide bonds. The van der Waals surface area contributed by atoms with Crippen molar-refractivity contribution in [3.63, 3.8) is 0 Å². The van der Waals surface area contributed by atoms with E-state index in [1.807, 2.05) is 43.3 Å². The van der Waals surface area contributed by atoms with Crippen LogP contribution >= 0.6 is 11.3 Å². The van der Waals surface area contributed by atoms with E-state index < -0.39 is 0 Å². The minimum Gasteiger partial charge on any atom is -0.494 e. The highest BCUT2D eigenvalue weighted by Crippen LogP contribution is 2.21. The number of aliphatic imine (C=N–C) groups is 1. The lowest BCUT2D eigenvalue weighted by molar-refractivity contribution is 0.336. The van der Waals surface area contributed by atoms with Gasteiger partial charge in [0.25, 0.3) is 0 Å². The maximum Gasteiger partial charge on any atom is 0.191 e. The first-order valence-corrected chi connectivity index (χ1v) is 9.83. The number of hydrogen-bond donors (Lipinski definition) is 2. The Morgan fingerprint density at radius 1 is 1.04 bits per heavy atom. The van der Waals surface area contributed by atoms with Crippen LogP contribution in [-0.2, 0) is 13.1 Å². The van der Waals surface area contributed by atoms with E-state index in [2.05, 4.69) is 39.2 Å². The second-order valence-corrected chi connectivity index (χ2v) is 6.76. The van der Waals surface area contributed by atoms with Gasteiger partial charge in [-0.1, -0.05) is 48.5 Å². The van der Waals surface area contributed by atoms with Gasteiger partial charge in [-0.25, -0.2) is 4.98 Å². The van der Waals surface area contributed by atoms with Gasteiger partial charge in [-0.3, -0.25) is 4.99 Å². The van der Waals surface area contributed by atoms with Crippen LogP contribution in [0.15, 0.2) is 65.0 Å². The predicted octanol–water partition coefficient (Wildman–Crippen LogP) is 4.07. The summed E-state index contributed by atoms with van der Waals surface area (Å²) in [5.41, 5.74) is 3.24. The Bertz CT molecular complexity index is 877. The van der Waals surface area contributed by atoms with Crippen molar-refractivity contribution in [2.75, 3.05) is 13.7 Å². The van der Waals surface area contributed by atoms with Crippen molar-refractivity contribution in [2.24, 2.45) is 4.99 Å². The van der Waals surface area contributed by atoms with Crippen LogP contribution in [0.4, 0.5) is 0 Å². The highest BCUT2D eigenvalue weighted by Gasteiger charge is 2.07. The van der Waals surface area contributed by atoms with Crippen LogP contribution in [-0.4, -0.2) is 24.6 Å². The number of aromatic nitrogens is 1. The fourth-order valence-electron chi connectivity index (χ4n) is 2.64. The summed E-state index contributed by atoms with van der Waals surface area (Å²) in [6.07, 6.45) is 0. The molecule has 6 heteroatoms. The van der Waals surface area contributed by atoms with Crippen LogP contribution in [0.5, 0.6) is 5.75 Å². The molecule has 5 nitrogen and oxygen atoms in total. The van der Waals surface area contributed by atoms with E-state index in [9.17, 15) is 0 Å². The zero-order chi connectivity index (χ0) is 18.9. The fraction of sp³-hybridized carbons (Fsp3) is 0.238. The van der Waals surface area contributed by atoms with Crippen LogP contribution in [0, 0.1) is 0 Å². The minimum atomic E-state index is 0.629. The Labute approximate surface area is 164 Å². The third-order valence-corrected chi connectivity index (χ3v) is 4.82. The number of thiazole rings is 1. The molecule has 0 spiro atoms. The molecular weight excluding hydrogens is 356 g/mol. The molecule has 3 aromatic rings. The standard InChI is InChI=1S/C21H24N4OS/c1-3-26-19-12-8-7-11-17(19)13-23-21(22-2)24-14-20-25-18(15-27-20)16-9-5-4-6-10-16/h4-12,15H,3,13-14H2,1-2H3,(H2,22,23,24). The third kappa shape index (κ3) is 5.31. The summed E-state index contributed by atoms with van der Waals surface area (Å²) >= 11 is 1.64. The molecule has 0 fully saturated rings. The summed E-state index contributed by atoms with van der Waals surface area (Å²) in [5.74, 6) is 1.63. The highest BCUT2D eigenvalue weighted by atomic mass is 32.1. The summed E-state index contributed by atoms with van der Waals surface area (Å²) in [6.45, 7) is 3.91. The summed E-state index contributed by atoms with van der Waals surface area (Å²) in [6, 6.07) is 18.2. The first-order valence-electron chi connectivity index (χ1n) is 8.95. The maximum absolute atomic E-state index is 5.67. The normalized spacial score (nSPS) is 11.3. The molecule has 0 atom stereocenters. The highest BCUT2D eigenvalue weighted by molar-refractivity contribution is 7.09. The van der Waals surface area contributed by atoms with E-state index in [1.54, 1.807) is 18.4 Å². The van der Waals surface area contributed by atoms with Crippen LogP contribution in [0.3, 0.4) is 0 Å². The van der Waals surface area contributed by atoms with E-state index in [1.165, 1.54) is 0 Å². The number of nitrogens with one attached hydrogen (secondary N) is 2. The minimum absolute atomic E-state index is 0.629. The molecule has 2 aromatic carbocycles. The van der Waals surface area contributed by atoms with Crippen molar-refractivity contribution < 1.29 is 4.74 Å². The van der Waals surface area contributed by atoms with Gasteiger partial charge in [-0.2, -0.15) is 0 Å². The molecular formula is C21H24N4OS. The Hall–Kier alpha value is -2.86. The fourth-order valence-corrected chi connectivity index (χ4v) is 3.38. The molecule has 0 aliphatic heterocycles. The molecule has 0 aliphatic carbocycles. The van der Waals surface area contributed by atoms with E-state index in [-0.39, 0.29) is 0 Å². The Morgan fingerprint density at radius 3 is 2.56 bits per heavy atom. The zero-order valence-corrected chi connectivity index (χ0v) is 16.4. The Balaban J connectivity index is 1.55. The first kappa shape index (κ1) is 18.9. The van der Waals surface area contributed by atoms with Gasteiger partial charge < -0.3 is 15.4 Å². The molecule has 0 radical (unpaired) electrons.